The zero-order chi connectivity index (χ0) is 13.0. The van der Waals surface area contributed by atoms with Crippen LogP contribution in [0.5, 0.6) is 0 Å². The molecule has 6 heteroatoms. The standard InChI is InChI=1S/C12H16BrN5/c1-2-3-4-7-18-12(15-16-17-18)9-5-6-10(13)11(14)8-9/h5-6,8H,2-4,7,14H2,1H3. The number of nitrogens with zero attached hydrogens (tertiary/aromatic N) is 4. The van der Waals surface area contributed by atoms with E-state index in [1.54, 1.807) is 0 Å². The average molecular weight is 310 g/mol. The van der Waals surface area contributed by atoms with Crippen LogP contribution in [0.15, 0.2) is 22.7 Å². The third-order valence-electron chi connectivity index (χ3n) is 2.76. The van der Waals surface area contributed by atoms with Crippen LogP contribution in [0.1, 0.15) is 26.2 Å². The van der Waals surface area contributed by atoms with Gasteiger partial charge < -0.3 is 5.73 Å². The van der Waals surface area contributed by atoms with E-state index < -0.39 is 0 Å². The Kier molecular flexibility index (Phi) is 4.30. The lowest BCUT2D eigenvalue weighted by molar-refractivity contribution is 0.541. The molecule has 0 amide bonds. The molecule has 1 heterocycles. The smallest absolute Gasteiger partial charge is 0.182 e. The first kappa shape index (κ1) is 13.0. The molecule has 0 atom stereocenters. The Morgan fingerprint density at radius 1 is 1.33 bits per heavy atom. The Bertz CT molecular complexity index is 523. The number of hydrogen-bond acceptors (Lipinski definition) is 4. The minimum Gasteiger partial charge on any atom is -0.398 e. The average Bonchev–Trinajstić information content (AvgIpc) is 2.81. The summed E-state index contributed by atoms with van der Waals surface area (Å²) in [5.41, 5.74) is 7.51. The van der Waals surface area contributed by atoms with E-state index in [9.17, 15) is 0 Å². The Hall–Kier alpha value is -1.43. The Labute approximate surface area is 115 Å². The predicted octanol–water partition coefficient (Wildman–Crippen LogP) is 2.88. The van der Waals surface area contributed by atoms with E-state index in [0.717, 1.165) is 28.8 Å². The van der Waals surface area contributed by atoms with E-state index >= 15 is 0 Å². The minimum atomic E-state index is 0.690. The van der Waals surface area contributed by atoms with Gasteiger partial charge in [-0.3, -0.25) is 0 Å². The van der Waals surface area contributed by atoms with E-state index in [4.69, 9.17) is 5.73 Å². The van der Waals surface area contributed by atoms with Crippen molar-refractivity contribution in [3.8, 4) is 11.4 Å². The summed E-state index contributed by atoms with van der Waals surface area (Å²) in [4.78, 5) is 0. The summed E-state index contributed by atoms with van der Waals surface area (Å²) in [6, 6.07) is 5.75. The van der Waals surface area contributed by atoms with Crippen molar-refractivity contribution in [2.45, 2.75) is 32.7 Å². The van der Waals surface area contributed by atoms with Gasteiger partial charge in [-0.05, 0) is 51.0 Å². The second-order valence-corrected chi connectivity index (χ2v) is 5.02. The Balaban J connectivity index is 2.22. The molecule has 0 saturated carbocycles. The molecule has 96 valence electrons. The largest absolute Gasteiger partial charge is 0.398 e. The summed E-state index contributed by atoms with van der Waals surface area (Å²) in [6.45, 7) is 3.02. The maximum absolute atomic E-state index is 5.87. The van der Waals surface area contributed by atoms with Crippen molar-refractivity contribution in [3.63, 3.8) is 0 Å². The number of unbranched alkanes of at least 4 members (excludes halogenated alkanes) is 2. The maximum Gasteiger partial charge on any atom is 0.182 e. The molecule has 5 nitrogen and oxygen atoms in total. The van der Waals surface area contributed by atoms with E-state index in [2.05, 4.69) is 38.4 Å². The molecule has 1 aromatic heterocycles. The summed E-state index contributed by atoms with van der Waals surface area (Å²) >= 11 is 3.38. The quantitative estimate of drug-likeness (QED) is 0.681. The molecule has 2 rings (SSSR count). The van der Waals surface area contributed by atoms with Crippen molar-refractivity contribution >= 4 is 21.6 Å². The van der Waals surface area contributed by atoms with Gasteiger partial charge in [0, 0.05) is 22.3 Å². The van der Waals surface area contributed by atoms with Crippen LogP contribution in [-0.2, 0) is 6.54 Å². The molecule has 2 aromatic rings. The van der Waals surface area contributed by atoms with Crippen LogP contribution in [0, 0.1) is 0 Å². The zero-order valence-electron chi connectivity index (χ0n) is 10.3. The van der Waals surface area contributed by atoms with Crippen molar-refractivity contribution in [2.75, 3.05) is 5.73 Å². The summed E-state index contributed by atoms with van der Waals surface area (Å²) in [6.07, 6.45) is 3.45. The van der Waals surface area contributed by atoms with Gasteiger partial charge in [0.1, 0.15) is 0 Å². The molecule has 0 aliphatic heterocycles. The molecule has 1 aromatic carbocycles. The molecule has 0 bridgehead atoms. The highest BCUT2D eigenvalue weighted by atomic mass is 79.9. The van der Waals surface area contributed by atoms with Crippen LogP contribution in [0.25, 0.3) is 11.4 Å². The maximum atomic E-state index is 5.87. The molecule has 0 aliphatic carbocycles. The van der Waals surface area contributed by atoms with Crippen molar-refractivity contribution in [1.82, 2.24) is 20.2 Å². The molecule has 0 fully saturated rings. The topological polar surface area (TPSA) is 69.6 Å². The predicted molar refractivity (Wildman–Crippen MR) is 74.9 cm³/mol. The third kappa shape index (κ3) is 2.87. The van der Waals surface area contributed by atoms with E-state index in [0.29, 0.717) is 5.69 Å². The number of halogens is 1. The first-order valence-corrected chi connectivity index (χ1v) is 6.83. The lowest BCUT2D eigenvalue weighted by Crippen LogP contribution is -2.03. The fourth-order valence-corrected chi connectivity index (χ4v) is 2.00. The molecule has 0 aliphatic rings. The third-order valence-corrected chi connectivity index (χ3v) is 3.48. The Morgan fingerprint density at radius 3 is 2.89 bits per heavy atom. The number of aromatic nitrogens is 4. The van der Waals surface area contributed by atoms with E-state index in [-0.39, 0.29) is 0 Å². The Morgan fingerprint density at radius 2 is 2.17 bits per heavy atom. The fourth-order valence-electron chi connectivity index (χ4n) is 1.76. The zero-order valence-corrected chi connectivity index (χ0v) is 11.9. The number of tetrazole rings is 1. The highest BCUT2D eigenvalue weighted by molar-refractivity contribution is 9.10. The van der Waals surface area contributed by atoms with Gasteiger partial charge in [-0.2, -0.15) is 0 Å². The van der Waals surface area contributed by atoms with Crippen molar-refractivity contribution in [2.24, 2.45) is 0 Å². The van der Waals surface area contributed by atoms with Crippen LogP contribution in [0.4, 0.5) is 5.69 Å². The summed E-state index contributed by atoms with van der Waals surface area (Å²) in [7, 11) is 0. The molecule has 18 heavy (non-hydrogen) atoms. The molecule has 0 spiro atoms. The monoisotopic (exact) mass is 309 g/mol. The molecular weight excluding hydrogens is 294 g/mol. The van der Waals surface area contributed by atoms with Crippen molar-refractivity contribution in [1.29, 1.82) is 0 Å². The van der Waals surface area contributed by atoms with Crippen molar-refractivity contribution < 1.29 is 0 Å². The second-order valence-electron chi connectivity index (χ2n) is 4.17. The first-order chi connectivity index (χ1) is 8.72. The number of anilines is 1. The van der Waals surface area contributed by atoms with Gasteiger partial charge in [-0.25, -0.2) is 4.68 Å². The number of nitrogen functional groups attached to an aromatic ring is 1. The van der Waals surface area contributed by atoms with E-state index in [1.165, 1.54) is 12.8 Å². The number of rotatable bonds is 5. The second kappa shape index (κ2) is 5.95. The minimum absolute atomic E-state index is 0.690. The van der Waals surface area contributed by atoms with Gasteiger partial charge in [0.2, 0.25) is 0 Å². The van der Waals surface area contributed by atoms with Crippen molar-refractivity contribution in [3.05, 3.63) is 22.7 Å². The lowest BCUT2D eigenvalue weighted by atomic mass is 10.2. The lowest BCUT2D eigenvalue weighted by Gasteiger charge is -2.05. The normalized spacial score (nSPS) is 10.8. The van der Waals surface area contributed by atoms with Gasteiger partial charge in [-0.15, -0.1) is 5.10 Å². The highest BCUT2D eigenvalue weighted by Gasteiger charge is 2.09. The number of nitrogens with two attached hydrogens (primary N) is 1. The van der Waals surface area contributed by atoms with Crippen LogP contribution < -0.4 is 5.73 Å². The van der Waals surface area contributed by atoms with Crippen LogP contribution in [-0.4, -0.2) is 20.2 Å². The SMILES string of the molecule is CCCCCn1nnnc1-c1ccc(Br)c(N)c1. The van der Waals surface area contributed by atoms with Crippen LogP contribution in [0.3, 0.4) is 0 Å². The molecule has 2 N–H and O–H groups in total. The van der Waals surface area contributed by atoms with Gasteiger partial charge >= 0.3 is 0 Å². The summed E-state index contributed by atoms with van der Waals surface area (Å²) < 4.78 is 2.72. The summed E-state index contributed by atoms with van der Waals surface area (Å²) in [5, 5.41) is 11.8. The fraction of sp³-hybridized carbons (Fsp3) is 0.417. The molecule has 0 radical (unpaired) electrons. The molecule has 0 unspecified atom stereocenters. The van der Waals surface area contributed by atoms with Gasteiger partial charge in [0.25, 0.3) is 0 Å². The van der Waals surface area contributed by atoms with Gasteiger partial charge in [-0.1, -0.05) is 19.8 Å². The number of aryl methyl sites for hydroxylation is 1. The van der Waals surface area contributed by atoms with Crippen LogP contribution >= 0.6 is 15.9 Å². The van der Waals surface area contributed by atoms with Crippen LogP contribution in [0.2, 0.25) is 0 Å². The summed E-state index contributed by atoms with van der Waals surface area (Å²) in [5.74, 6) is 0.769. The molecule has 0 saturated heterocycles. The van der Waals surface area contributed by atoms with Gasteiger partial charge in [0.15, 0.2) is 5.82 Å². The first-order valence-electron chi connectivity index (χ1n) is 6.04. The number of hydrogen-bond donors (Lipinski definition) is 1. The highest BCUT2D eigenvalue weighted by Crippen LogP contribution is 2.25. The van der Waals surface area contributed by atoms with E-state index in [1.807, 2.05) is 22.9 Å². The molecular formula is C12H16BrN5. The number of benzene rings is 1. The van der Waals surface area contributed by atoms with Gasteiger partial charge in [0.05, 0.1) is 0 Å².